The Kier molecular flexibility index (Phi) is 5.57. The maximum atomic E-state index is 12.3. The number of aliphatic carboxylic acids is 1. The highest BCUT2D eigenvalue weighted by Gasteiger charge is 2.60. The number of fused-ring (bicyclic) bond motifs is 1. The van der Waals surface area contributed by atoms with Gasteiger partial charge in [-0.3, -0.25) is 10.2 Å². The van der Waals surface area contributed by atoms with Gasteiger partial charge in [-0.2, -0.15) is 0 Å². The van der Waals surface area contributed by atoms with E-state index in [1.165, 1.54) is 23.6 Å². The third kappa shape index (κ3) is 3.44. The number of amides is 2. The van der Waals surface area contributed by atoms with Crippen LogP contribution >= 0.6 is 11.8 Å². The van der Waals surface area contributed by atoms with E-state index in [2.05, 4.69) is 0 Å². The molecule has 10 nitrogen and oxygen atoms in total. The lowest BCUT2D eigenvalue weighted by Gasteiger charge is -2.46. The highest BCUT2D eigenvalue weighted by Crippen LogP contribution is 2.50. The molecule has 28 heavy (non-hydrogen) atoms. The average Bonchev–Trinajstić information content (AvgIpc) is 3.13. The fourth-order valence-corrected chi connectivity index (χ4v) is 5.39. The van der Waals surface area contributed by atoms with Gasteiger partial charge in [0.05, 0.1) is 30.4 Å². The minimum atomic E-state index is -1.18. The molecule has 2 amide bonds. The van der Waals surface area contributed by atoms with Crippen LogP contribution in [0.15, 0.2) is 10.6 Å². The number of amidine groups is 1. The van der Waals surface area contributed by atoms with Crippen LogP contribution in [0.4, 0.5) is 4.79 Å². The molecule has 2 fully saturated rings. The first kappa shape index (κ1) is 20.5. The third-order valence-electron chi connectivity index (χ3n) is 5.49. The Hall–Kier alpha value is -2.27. The Morgan fingerprint density at radius 3 is 2.71 bits per heavy atom. The lowest BCUT2D eigenvalue weighted by atomic mass is 9.79. The Labute approximate surface area is 166 Å². The summed E-state index contributed by atoms with van der Waals surface area (Å²) >= 11 is 1.23. The molecule has 0 aromatic rings. The van der Waals surface area contributed by atoms with E-state index < -0.39 is 24.1 Å². The number of carbonyl (C=O) groups is 3. The van der Waals surface area contributed by atoms with E-state index in [1.54, 1.807) is 4.90 Å². The lowest BCUT2D eigenvalue weighted by molar-refractivity contribution is -0.163. The summed E-state index contributed by atoms with van der Waals surface area (Å²) in [7, 11) is 0. The summed E-state index contributed by atoms with van der Waals surface area (Å²) < 4.78 is 4.96. The molecule has 0 bridgehead atoms. The van der Waals surface area contributed by atoms with Crippen molar-refractivity contribution in [2.75, 3.05) is 18.8 Å². The zero-order valence-electron chi connectivity index (χ0n) is 15.6. The number of aliphatic hydroxyl groups excluding tert-OH is 1. The largest absolute Gasteiger partial charge is 0.477 e. The first-order valence-electron chi connectivity index (χ1n) is 9.03. The normalized spacial score (nSPS) is 30.2. The SMILES string of the molecule is C[C@@H](O)[C@H]1C(=O)N2C(C(=O)O)=C(SCC(=N)N3CC[C@@H](OC(N)=O)C3)[C@H](C)[C@H]12. The summed E-state index contributed by atoms with van der Waals surface area (Å²) in [5.74, 6) is -1.87. The summed E-state index contributed by atoms with van der Waals surface area (Å²) in [5.41, 5.74) is 4.97. The molecule has 0 radical (unpaired) electrons. The van der Waals surface area contributed by atoms with E-state index >= 15 is 0 Å². The van der Waals surface area contributed by atoms with E-state index in [9.17, 15) is 24.6 Å². The van der Waals surface area contributed by atoms with Gasteiger partial charge in [-0.15, -0.1) is 11.8 Å². The zero-order valence-corrected chi connectivity index (χ0v) is 16.4. The number of carbonyl (C=O) groups excluding carboxylic acids is 2. The quantitative estimate of drug-likeness (QED) is 0.270. The van der Waals surface area contributed by atoms with Gasteiger partial charge in [0.2, 0.25) is 5.91 Å². The number of thioether (sulfide) groups is 1. The molecular formula is C17H24N4O6S. The number of ether oxygens (including phenoxy) is 1. The van der Waals surface area contributed by atoms with Gasteiger partial charge in [0.1, 0.15) is 17.6 Å². The first-order valence-corrected chi connectivity index (χ1v) is 10.0. The summed E-state index contributed by atoms with van der Waals surface area (Å²) in [4.78, 5) is 38.5. The van der Waals surface area contributed by atoms with Crippen LogP contribution in [0.3, 0.4) is 0 Å². The number of nitrogens with one attached hydrogen (secondary N) is 1. The van der Waals surface area contributed by atoms with Crippen LogP contribution < -0.4 is 5.73 Å². The minimum absolute atomic E-state index is 0.0476. The predicted octanol–water partition coefficient (Wildman–Crippen LogP) is 0.0202. The molecule has 0 saturated carbocycles. The Morgan fingerprint density at radius 2 is 2.14 bits per heavy atom. The summed E-state index contributed by atoms with van der Waals surface area (Å²) in [5, 5.41) is 27.7. The van der Waals surface area contributed by atoms with Crippen LogP contribution in [-0.2, 0) is 14.3 Å². The molecule has 5 N–H and O–H groups in total. The fourth-order valence-electron chi connectivity index (χ4n) is 4.19. The first-order chi connectivity index (χ1) is 13.1. The zero-order chi connectivity index (χ0) is 20.7. The molecule has 3 aliphatic rings. The van der Waals surface area contributed by atoms with Crippen LogP contribution in [0, 0.1) is 17.2 Å². The second kappa shape index (κ2) is 7.63. The molecule has 154 valence electrons. The summed E-state index contributed by atoms with van der Waals surface area (Å²) in [6, 6.07) is -0.365. The Bertz CT molecular complexity index is 754. The smallest absolute Gasteiger partial charge is 0.404 e. The molecule has 11 heteroatoms. The Morgan fingerprint density at radius 1 is 1.46 bits per heavy atom. The van der Waals surface area contributed by atoms with Crippen molar-refractivity contribution in [1.29, 1.82) is 5.41 Å². The second-order valence-corrected chi connectivity index (χ2v) is 8.32. The van der Waals surface area contributed by atoms with Crippen molar-refractivity contribution in [2.45, 2.75) is 38.5 Å². The van der Waals surface area contributed by atoms with E-state index in [-0.39, 0.29) is 41.3 Å². The topological polar surface area (TPSA) is 157 Å². The average molecular weight is 412 g/mol. The number of β-lactam (4-membered cyclic amide) rings is 1. The number of nitrogens with two attached hydrogens (primary N) is 1. The van der Waals surface area contributed by atoms with Gasteiger partial charge in [-0.05, 0) is 6.92 Å². The van der Waals surface area contributed by atoms with Crippen LogP contribution in [0.25, 0.3) is 0 Å². The van der Waals surface area contributed by atoms with Gasteiger partial charge in [-0.25, -0.2) is 9.59 Å². The van der Waals surface area contributed by atoms with Gasteiger partial charge < -0.3 is 30.5 Å². The molecule has 0 aliphatic carbocycles. The number of hydrogen-bond donors (Lipinski definition) is 4. The fraction of sp³-hybridized carbons (Fsp3) is 0.647. The molecule has 3 heterocycles. The second-order valence-electron chi connectivity index (χ2n) is 7.30. The van der Waals surface area contributed by atoms with Crippen LogP contribution in [-0.4, -0.2) is 80.9 Å². The van der Waals surface area contributed by atoms with Gasteiger partial charge >= 0.3 is 12.1 Å². The summed E-state index contributed by atoms with van der Waals surface area (Å²) in [6.07, 6.45) is -1.46. The number of carboxylic acid groups (broad SMARTS) is 1. The van der Waals surface area contributed by atoms with Gasteiger partial charge in [-0.1, -0.05) is 6.92 Å². The Balaban J connectivity index is 1.67. The number of rotatable bonds is 6. The van der Waals surface area contributed by atoms with Crippen molar-refractivity contribution in [3.63, 3.8) is 0 Å². The molecule has 0 aromatic carbocycles. The highest BCUT2D eigenvalue weighted by atomic mass is 32.2. The minimum Gasteiger partial charge on any atom is -0.477 e. The molecule has 3 aliphatic heterocycles. The van der Waals surface area contributed by atoms with Crippen molar-refractivity contribution < 1.29 is 29.3 Å². The number of primary amides is 1. The highest BCUT2D eigenvalue weighted by molar-refractivity contribution is 8.03. The molecule has 0 unspecified atom stereocenters. The third-order valence-corrected chi connectivity index (χ3v) is 6.78. The van der Waals surface area contributed by atoms with E-state index in [4.69, 9.17) is 15.9 Å². The van der Waals surface area contributed by atoms with Gasteiger partial charge in [0.15, 0.2) is 0 Å². The number of aliphatic hydroxyl groups is 1. The van der Waals surface area contributed by atoms with E-state index in [0.717, 1.165) is 0 Å². The standard InChI is InChI=1S/C17H24N4O6S/c1-7-12-11(8(2)22)15(23)21(12)13(16(24)25)14(7)28-6-10(18)20-4-3-9(5-20)27-17(19)26/h7-9,11-12,18,22H,3-6H2,1-2H3,(H2,19,26)(H,24,25)/t7-,8-,9-,11-,12-/m1/s1. The van der Waals surface area contributed by atoms with Crippen molar-refractivity contribution in [1.82, 2.24) is 9.80 Å². The maximum absolute atomic E-state index is 12.3. The number of likely N-dealkylation sites (tertiary alicyclic amines) is 1. The van der Waals surface area contributed by atoms with Crippen molar-refractivity contribution in [3.8, 4) is 0 Å². The van der Waals surface area contributed by atoms with Crippen LogP contribution in [0.2, 0.25) is 0 Å². The van der Waals surface area contributed by atoms with Crippen molar-refractivity contribution in [2.24, 2.45) is 17.6 Å². The van der Waals surface area contributed by atoms with Gasteiger partial charge in [0, 0.05) is 23.8 Å². The predicted molar refractivity (Wildman–Crippen MR) is 100 cm³/mol. The van der Waals surface area contributed by atoms with Crippen molar-refractivity contribution >= 4 is 35.6 Å². The number of hydrogen-bond acceptors (Lipinski definition) is 7. The lowest BCUT2D eigenvalue weighted by Crippen LogP contribution is -2.63. The molecule has 5 atom stereocenters. The maximum Gasteiger partial charge on any atom is 0.404 e. The summed E-state index contributed by atoms with van der Waals surface area (Å²) in [6.45, 7) is 4.30. The van der Waals surface area contributed by atoms with E-state index in [0.29, 0.717) is 24.4 Å². The van der Waals surface area contributed by atoms with E-state index in [1.807, 2.05) is 6.92 Å². The van der Waals surface area contributed by atoms with Crippen molar-refractivity contribution in [3.05, 3.63) is 10.6 Å². The number of carboxylic acids is 1. The molecule has 2 saturated heterocycles. The molecule has 0 spiro atoms. The van der Waals surface area contributed by atoms with Crippen LogP contribution in [0.5, 0.6) is 0 Å². The number of nitrogens with zero attached hydrogens (tertiary/aromatic N) is 2. The molecule has 3 rings (SSSR count). The molecule has 0 aromatic heterocycles. The van der Waals surface area contributed by atoms with Crippen LogP contribution in [0.1, 0.15) is 20.3 Å². The molecular weight excluding hydrogens is 388 g/mol. The van der Waals surface area contributed by atoms with Gasteiger partial charge in [0.25, 0.3) is 0 Å². The monoisotopic (exact) mass is 412 g/mol.